The summed E-state index contributed by atoms with van der Waals surface area (Å²) in [6.45, 7) is 20.9. The number of ketones is 1. The number of esters is 1. The van der Waals surface area contributed by atoms with Crippen molar-refractivity contribution in [1.82, 2.24) is 40.3 Å². The van der Waals surface area contributed by atoms with E-state index in [1.165, 1.54) is 11.3 Å². The first-order valence-electron chi connectivity index (χ1n) is 21.2. The molecular weight excluding hydrogens is 779 g/mol. The van der Waals surface area contributed by atoms with Gasteiger partial charge < -0.3 is 40.0 Å². The number of cyclic esters (lactones) is 1. The highest BCUT2D eigenvalue weighted by atomic mass is 32.1. The third-order valence-electron chi connectivity index (χ3n) is 12.0. The molecule has 332 valence electrons. The molecular formula is C41H69N9O8S. The molecule has 4 N–H and O–H groups in total. The molecule has 0 saturated carbocycles. The van der Waals surface area contributed by atoms with Crippen LogP contribution < -0.4 is 11.1 Å². The molecule has 2 aromatic heterocycles. The number of likely N-dealkylation sites (N-methyl/N-ethyl adjacent to an activating group) is 1. The number of amides is 1. The summed E-state index contributed by atoms with van der Waals surface area (Å²) in [6, 6.07) is -1.04. The highest BCUT2D eigenvalue weighted by molar-refractivity contribution is 7.18. The maximum atomic E-state index is 14.4. The predicted octanol–water partition coefficient (Wildman–Crippen LogP) is 4.56. The second kappa shape index (κ2) is 21.8. The Bertz CT molecular complexity index is 1680. The summed E-state index contributed by atoms with van der Waals surface area (Å²) >= 11 is 1.24. The van der Waals surface area contributed by atoms with Gasteiger partial charge in [0.2, 0.25) is 5.13 Å². The number of anilines is 1. The van der Waals surface area contributed by atoms with Gasteiger partial charge in [-0.1, -0.05) is 50.3 Å². The number of carbonyl (C=O) groups excluding carboxylic acids is 3. The van der Waals surface area contributed by atoms with Gasteiger partial charge >= 0.3 is 12.1 Å². The van der Waals surface area contributed by atoms with Crippen molar-refractivity contribution in [3.63, 3.8) is 0 Å². The summed E-state index contributed by atoms with van der Waals surface area (Å²) < 4.78 is 26.9. The topological polar surface area (TPSA) is 209 Å². The van der Waals surface area contributed by atoms with Crippen LogP contribution in [0.4, 0.5) is 9.93 Å². The predicted molar refractivity (Wildman–Crippen MR) is 225 cm³/mol. The Morgan fingerprint density at radius 2 is 1.85 bits per heavy atom. The molecule has 12 atom stereocenters. The van der Waals surface area contributed by atoms with Crippen molar-refractivity contribution in [2.45, 2.75) is 149 Å². The van der Waals surface area contributed by atoms with Crippen LogP contribution in [-0.2, 0) is 35.1 Å². The number of ether oxygens (including phenoxy) is 4. The quantitative estimate of drug-likeness (QED) is 0.0656. The second-order valence-corrected chi connectivity index (χ2v) is 17.6. The molecule has 1 amide bonds. The normalized spacial score (nSPS) is 30.2. The van der Waals surface area contributed by atoms with Crippen LogP contribution in [0.2, 0.25) is 0 Å². The summed E-state index contributed by atoms with van der Waals surface area (Å²) in [6.07, 6.45) is 3.06. The number of aromatic nitrogens is 5. The molecule has 18 heteroatoms. The van der Waals surface area contributed by atoms with E-state index in [2.05, 4.69) is 39.3 Å². The first-order valence-corrected chi connectivity index (χ1v) is 22.0. The molecule has 2 saturated heterocycles. The van der Waals surface area contributed by atoms with Gasteiger partial charge in [0.1, 0.15) is 23.8 Å². The number of hydrogen-bond donors (Lipinski definition) is 3. The summed E-state index contributed by atoms with van der Waals surface area (Å²) in [5.41, 5.74) is 5.09. The lowest BCUT2D eigenvalue weighted by molar-refractivity contribution is -0.241. The Hall–Kier alpha value is -3.55. The van der Waals surface area contributed by atoms with Gasteiger partial charge in [-0.05, 0) is 98.7 Å². The van der Waals surface area contributed by atoms with Gasteiger partial charge in [0.05, 0.1) is 18.3 Å². The lowest BCUT2D eigenvalue weighted by Gasteiger charge is -2.40. The summed E-state index contributed by atoms with van der Waals surface area (Å²) in [5, 5.41) is 32.5. The number of nitrogen functional groups attached to an aromatic ring is 1. The molecule has 0 spiro atoms. The number of hydrogen-bond acceptors (Lipinski definition) is 16. The van der Waals surface area contributed by atoms with E-state index in [0.717, 1.165) is 0 Å². The zero-order chi connectivity index (χ0) is 43.6. The van der Waals surface area contributed by atoms with Gasteiger partial charge in [-0.2, -0.15) is 0 Å². The number of unbranched alkanes of at least 4 members (excludes halogenated alkanes) is 1. The number of nitrogens with one attached hydrogen (secondary N) is 1. The van der Waals surface area contributed by atoms with Crippen molar-refractivity contribution in [2.75, 3.05) is 39.5 Å². The number of aliphatic hydroxyl groups excluding tert-OH is 1. The smallest absolute Gasteiger partial charge is 0.410 e. The highest BCUT2D eigenvalue weighted by Gasteiger charge is 2.58. The van der Waals surface area contributed by atoms with Crippen molar-refractivity contribution < 1.29 is 38.4 Å². The summed E-state index contributed by atoms with van der Waals surface area (Å²) in [7, 11) is 3.80. The molecule has 17 nitrogen and oxygen atoms in total. The lowest BCUT2D eigenvalue weighted by atomic mass is 9.79. The molecule has 4 rings (SSSR count). The van der Waals surface area contributed by atoms with Crippen LogP contribution in [0.3, 0.4) is 0 Å². The minimum absolute atomic E-state index is 0.0840. The Labute approximate surface area is 353 Å². The van der Waals surface area contributed by atoms with Crippen LogP contribution in [-0.4, -0.2) is 140 Å². The average Bonchev–Trinajstić information content (AvgIpc) is 3.92. The van der Waals surface area contributed by atoms with Crippen LogP contribution in [0.5, 0.6) is 0 Å². The molecule has 59 heavy (non-hydrogen) atoms. The van der Waals surface area contributed by atoms with Gasteiger partial charge in [-0.25, -0.2) is 4.79 Å². The molecule has 0 aromatic carbocycles. The monoisotopic (exact) mass is 847 g/mol. The van der Waals surface area contributed by atoms with E-state index in [9.17, 15) is 19.5 Å². The van der Waals surface area contributed by atoms with Gasteiger partial charge in [-0.3, -0.25) is 19.2 Å². The number of allylic oxidation sites excluding steroid dienone is 1. The third kappa shape index (κ3) is 11.6. The van der Waals surface area contributed by atoms with Crippen molar-refractivity contribution in [3.05, 3.63) is 18.9 Å². The number of fused-ring (bicyclic) bond motifs is 1. The first kappa shape index (κ1) is 48.1. The summed E-state index contributed by atoms with van der Waals surface area (Å²) in [4.78, 5) is 45.9. The second-order valence-electron chi connectivity index (χ2n) is 16.6. The van der Waals surface area contributed by atoms with E-state index >= 15 is 0 Å². The van der Waals surface area contributed by atoms with Crippen molar-refractivity contribution in [3.8, 4) is 10.7 Å². The molecule has 2 unspecified atom stereocenters. The first-order chi connectivity index (χ1) is 28.0. The van der Waals surface area contributed by atoms with Crippen LogP contribution in [0.25, 0.3) is 10.7 Å². The Kier molecular flexibility index (Phi) is 17.8. The molecule has 2 aliphatic rings. The Morgan fingerprint density at radius 3 is 2.46 bits per heavy atom. The average molecular weight is 848 g/mol. The van der Waals surface area contributed by atoms with E-state index in [0.29, 0.717) is 80.6 Å². The van der Waals surface area contributed by atoms with E-state index in [4.69, 9.17) is 24.7 Å². The molecule has 0 bridgehead atoms. The summed E-state index contributed by atoms with van der Waals surface area (Å²) in [5.74, 6) is -3.08. The SMILES string of the molecule is C=CC[C@H]1C[C@@H](C)CN[C@H](C)[C@H]2N(CCCCn3cc(-c4nnc(N)s4)nn3)C(=O)O[C@]2(C)[C@@H](CC)OC(=O)[C@H](C)C(=O)[C@H](C)[C@H]1O[C@H](OCC)C(O)C(CC)N(C)C. The van der Waals surface area contributed by atoms with E-state index in [1.807, 2.05) is 59.7 Å². The zero-order valence-electron chi connectivity index (χ0n) is 36.7. The van der Waals surface area contributed by atoms with Crippen molar-refractivity contribution in [2.24, 2.45) is 23.7 Å². The standard InChI is InChI=1S/C41H69N9O8S/c1-12-18-28-21-24(5)22-43-27(8)35-41(9,58-40(54)50(35)20-17-16-19-49-23-29(44-47-49)36-45-46-39(42)59-36)31(14-3)56-37(53)26(7)32(51)25(6)34(28)57-38(55-15-4)33(52)30(13-2)48(10)11/h12,23-28,30-31,33-35,38,43,52H,1,13-22H2,2-11H3,(H2,42,46)/t24-,25+,26-,27-,28+,30?,31-,33?,34-,35-,38+,41-/m1/s1. The van der Waals surface area contributed by atoms with Crippen LogP contribution >= 0.6 is 11.3 Å². The fraction of sp³-hybridized carbons (Fsp3) is 0.780. The highest BCUT2D eigenvalue weighted by Crippen LogP contribution is 2.39. The van der Waals surface area contributed by atoms with E-state index in [-0.39, 0.29) is 29.7 Å². The van der Waals surface area contributed by atoms with Gasteiger partial charge in [0.25, 0.3) is 0 Å². The Balaban J connectivity index is 1.60. The number of carbonyl (C=O) groups is 3. The zero-order valence-corrected chi connectivity index (χ0v) is 37.5. The van der Waals surface area contributed by atoms with E-state index < -0.39 is 60.1 Å². The lowest BCUT2D eigenvalue weighted by Crippen LogP contribution is -2.60. The van der Waals surface area contributed by atoms with Crippen molar-refractivity contribution >= 4 is 34.3 Å². The molecule has 2 aliphatic heterocycles. The Morgan fingerprint density at radius 1 is 1.14 bits per heavy atom. The number of aliphatic hydroxyl groups is 1. The maximum absolute atomic E-state index is 14.4. The number of nitrogens with two attached hydrogens (primary N) is 1. The van der Waals surface area contributed by atoms with Crippen LogP contribution in [0.15, 0.2) is 18.9 Å². The maximum Gasteiger partial charge on any atom is 0.410 e. The molecule has 2 fully saturated rings. The van der Waals surface area contributed by atoms with Crippen LogP contribution in [0, 0.1) is 23.7 Å². The molecule has 0 aliphatic carbocycles. The number of aryl methyl sites for hydroxylation is 1. The minimum Gasteiger partial charge on any atom is -0.458 e. The van der Waals surface area contributed by atoms with E-state index in [1.54, 1.807) is 29.6 Å². The van der Waals surface area contributed by atoms with Crippen molar-refractivity contribution in [1.29, 1.82) is 0 Å². The molecule has 4 heterocycles. The number of rotatable bonds is 17. The van der Waals surface area contributed by atoms with Gasteiger partial charge in [-0.15, -0.1) is 21.9 Å². The third-order valence-corrected chi connectivity index (χ3v) is 12.7. The molecule has 2 aromatic rings. The molecule has 0 radical (unpaired) electrons. The number of Topliss-reactive ketones (excluding diaryl/α,β-unsaturated/α-hetero) is 1. The van der Waals surface area contributed by atoms with Crippen LogP contribution in [0.1, 0.15) is 93.9 Å². The fourth-order valence-electron chi connectivity index (χ4n) is 8.85. The van der Waals surface area contributed by atoms with Gasteiger partial charge in [0, 0.05) is 37.7 Å². The largest absolute Gasteiger partial charge is 0.458 e. The minimum atomic E-state index is -1.23. The fourth-order valence-corrected chi connectivity index (χ4v) is 9.41. The number of nitrogens with zero attached hydrogens (tertiary/aromatic N) is 7. The van der Waals surface area contributed by atoms with Gasteiger partial charge in [0.15, 0.2) is 22.7 Å².